The summed E-state index contributed by atoms with van der Waals surface area (Å²) in [5.41, 5.74) is 7.42. The van der Waals surface area contributed by atoms with Crippen LogP contribution in [-0.4, -0.2) is 23.2 Å². The average Bonchev–Trinajstić information content (AvgIpc) is 3.09. The van der Waals surface area contributed by atoms with E-state index >= 15 is 0 Å². The lowest BCUT2D eigenvalue weighted by molar-refractivity contribution is 0.381. The minimum absolute atomic E-state index is 0. The molecule has 1 heterocycles. The van der Waals surface area contributed by atoms with Gasteiger partial charge in [-0.2, -0.15) is 4.98 Å². The summed E-state index contributed by atoms with van der Waals surface area (Å²) in [7, 11) is 1.60. The molecule has 0 saturated carbocycles. The van der Waals surface area contributed by atoms with E-state index in [-0.39, 0.29) is 36.5 Å². The molecule has 136 valence electrons. The number of halogens is 2. The van der Waals surface area contributed by atoms with Crippen LogP contribution in [0.3, 0.4) is 0 Å². The van der Waals surface area contributed by atoms with Crippen molar-refractivity contribution >= 4 is 47.2 Å². The van der Waals surface area contributed by atoms with Crippen LogP contribution in [-0.2, 0) is 6.54 Å². The van der Waals surface area contributed by atoms with E-state index in [1.54, 1.807) is 19.2 Å². The number of nitrogens with one attached hydrogen (secondary N) is 1. The van der Waals surface area contributed by atoms with Gasteiger partial charge in [0.15, 0.2) is 5.96 Å². The minimum Gasteiger partial charge on any atom is -0.497 e. The second-order valence-corrected chi connectivity index (χ2v) is 5.52. The third-order valence-corrected chi connectivity index (χ3v) is 3.51. The molecule has 0 amide bonds. The predicted octanol–water partition coefficient (Wildman–Crippen LogP) is 3.94. The number of nitrogens with two attached hydrogens (primary N) is 1. The van der Waals surface area contributed by atoms with Crippen molar-refractivity contribution in [3.63, 3.8) is 0 Å². The van der Waals surface area contributed by atoms with E-state index < -0.39 is 0 Å². The number of aliphatic imine (C=N–C) groups is 1. The molecule has 1 aromatic heterocycles. The summed E-state index contributed by atoms with van der Waals surface area (Å²) in [5, 5.41) is 7.50. The zero-order valence-electron chi connectivity index (χ0n) is 13.8. The molecule has 0 fully saturated rings. The first-order chi connectivity index (χ1) is 12.1. The quantitative estimate of drug-likeness (QED) is 0.323. The number of methoxy groups -OCH3 is 1. The van der Waals surface area contributed by atoms with Crippen molar-refractivity contribution in [1.29, 1.82) is 0 Å². The molecule has 0 spiro atoms. The summed E-state index contributed by atoms with van der Waals surface area (Å²) in [6.07, 6.45) is 0. The molecular weight excluding hydrogens is 469 g/mol. The van der Waals surface area contributed by atoms with Crippen molar-refractivity contribution < 1.29 is 9.26 Å². The summed E-state index contributed by atoms with van der Waals surface area (Å²) in [4.78, 5) is 8.47. The van der Waals surface area contributed by atoms with Crippen LogP contribution in [0.4, 0.5) is 5.69 Å². The van der Waals surface area contributed by atoms with E-state index in [2.05, 4.69) is 20.4 Å². The molecule has 0 atom stereocenters. The lowest BCUT2D eigenvalue weighted by Crippen LogP contribution is -2.22. The maximum Gasteiger partial charge on any atom is 0.248 e. The van der Waals surface area contributed by atoms with Crippen LogP contribution >= 0.6 is 35.6 Å². The van der Waals surface area contributed by atoms with Gasteiger partial charge in [0.25, 0.3) is 0 Å². The van der Waals surface area contributed by atoms with Crippen molar-refractivity contribution in [3.8, 4) is 17.1 Å². The lowest BCUT2D eigenvalue weighted by Gasteiger charge is -2.06. The van der Waals surface area contributed by atoms with E-state index in [0.29, 0.717) is 16.7 Å². The Bertz CT molecular complexity index is 900. The molecule has 9 heteroatoms. The molecule has 0 unspecified atom stereocenters. The van der Waals surface area contributed by atoms with Crippen LogP contribution < -0.4 is 15.8 Å². The largest absolute Gasteiger partial charge is 0.497 e. The van der Waals surface area contributed by atoms with Gasteiger partial charge in [-0.05, 0) is 24.3 Å². The highest BCUT2D eigenvalue weighted by Crippen LogP contribution is 2.20. The van der Waals surface area contributed by atoms with Gasteiger partial charge in [0.2, 0.25) is 11.7 Å². The highest BCUT2D eigenvalue weighted by atomic mass is 127. The van der Waals surface area contributed by atoms with Gasteiger partial charge in [-0.3, -0.25) is 0 Å². The molecule has 0 aliphatic carbocycles. The second-order valence-electron chi connectivity index (χ2n) is 5.08. The molecule has 3 aromatic rings. The van der Waals surface area contributed by atoms with Crippen LogP contribution in [0.2, 0.25) is 5.02 Å². The Hall–Kier alpha value is -2.33. The van der Waals surface area contributed by atoms with Crippen molar-refractivity contribution in [1.82, 2.24) is 10.1 Å². The van der Waals surface area contributed by atoms with Gasteiger partial charge in [0.1, 0.15) is 12.3 Å². The van der Waals surface area contributed by atoms with Crippen molar-refractivity contribution in [2.75, 3.05) is 12.4 Å². The Morgan fingerprint density at radius 2 is 2.08 bits per heavy atom. The molecule has 0 bridgehead atoms. The fourth-order valence-electron chi connectivity index (χ4n) is 2.10. The number of benzene rings is 2. The average molecular weight is 486 g/mol. The summed E-state index contributed by atoms with van der Waals surface area (Å²) >= 11 is 5.96. The third-order valence-electron chi connectivity index (χ3n) is 3.28. The number of ether oxygens (including phenoxy) is 1. The molecule has 3 N–H and O–H groups in total. The number of hydrogen-bond acceptors (Lipinski definition) is 5. The zero-order valence-corrected chi connectivity index (χ0v) is 16.9. The van der Waals surface area contributed by atoms with E-state index in [1.165, 1.54) is 0 Å². The molecule has 0 aliphatic heterocycles. The van der Waals surface area contributed by atoms with Crippen molar-refractivity contribution in [3.05, 3.63) is 59.4 Å². The SMILES string of the molecule is COc1cccc(NC(N)=NCc2nc(-c3cccc(Cl)c3)no2)c1.I. The molecule has 26 heavy (non-hydrogen) atoms. The van der Waals surface area contributed by atoms with Gasteiger partial charge in [-0.25, -0.2) is 4.99 Å². The Morgan fingerprint density at radius 3 is 2.85 bits per heavy atom. The van der Waals surface area contributed by atoms with Crippen LogP contribution in [0.1, 0.15) is 5.89 Å². The standard InChI is InChI=1S/C17H16ClN5O2.HI/c1-24-14-7-3-6-13(9-14)21-17(19)20-10-15-22-16(23-25-15)11-4-2-5-12(18)8-11;/h2-9H,10H2,1H3,(H3,19,20,21);1H. The number of rotatable bonds is 5. The van der Waals surface area contributed by atoms with Gasteiger partial charge >= 0.3 is 0 Å². The zero-order chi connectivity index (χ0) is 17.6. The first-order valence-corrected chi connectivity index (χ1v) is 7.81. The first kappa shape index (κ1) is 20.0. The monoisotopic (exact) mass is 485 g/mol. The number of guanidine groups is 1. The number of hydrogen-bond donors (Lipinski definition) is 2. The number of nitrogens with zero attached hydrogens (tertiary/aromatic N) is 3. The smallest absolute Gasteiger partial charge is 0.248 e. The van der Waals surface area contributed by atoms with Crippen LogP contribution in [0.25, 0.3) is 11.4 Å². The molecule has 3 rings (SSSR count). The minimum atomic E-state index is 0. The summed E-state index contributed by atoms with van der Waals surface area (Å²) in [6.45, 7) is 0.163. The van der Waals surface area contributed by atoms with Crippen LogP contribution in [0.15, 0.2) is 58.0 Å². The Morgan fingerprint density at radius 1 is 1.27 bits per heavy atom. The Kier molecular flexibility index (Phi) is 7.22. The molecule has 0 saturated heterocycles. The third kappa shape index (κ3) is 5.33. The number of anilines is 1. The van der Waals surface area contributed by atoms with E-state index in [1.807, 2.05) is 36.4 Å². The topological polar surface area (TPSA) is 98.6 Å². The Balaban J connectivity index is 0.00000243. The molecular formula is C17H17ClIN5O2. The second kappa shape index (κ2) is 9.39. The van der Waals surface area contributed by atoms with E-state index in [9.17, 15) is 0 Å². The lowest BCUT2D eigenvalue weighted by atomic mass is 10.2. The molecule has 0 radical (unpaired) electrons. The summed E-state index contributed by atoms with van der Waals surface area (Å²) in [6, 6.07) is 14.6. The summed E-state index contributed by atoms with van der Waals surface area (Å²) in [5.74, 6) is 1.76. The fourth-order valence-corrected chi connectivity index (χ4v) is 2.30. The van der Waals surface area contributed by atoms with Crippen molar-refractivity contribution in [2.45, 2.75) is 6.54 Å². The highest BCUT2D eigenvalue weighted by Gasteiger charge is 2.08. The summed E-state index contributed by atoms with van der Waals surface area (Å²) < 4.78 is 10.3. The molecule has 0 aliphatic rings. The van der Waals surface area contributed by atoms with Crippen LogP contribution in [0.5, 0.6) is 5.75 Å². The highest BCUT2D eigenvalue weighted by molar-refractivity contribution is 14.0. The molecule has 2 aromatic carbocycles. The van der Waals surface area contributed by atoms with Gasteiger partial charge < -0.3 is 20.3 Å². The molecule has 7 nitrogen and oxygen atoms in total. The Labute approximate surface area is 172 Å². The maximum atomic E-state index is 5.96. The fraction of sp³-hybridized carbons (Fsp3) is 0.118. The van der Waals surface area contributed by atoms with Crippen LogP contribution in [0, 0.1) is 0 Å². The maximum absolute atomic E-state index is 5.96. The number of aromatic nitrogens is 2. The normalized spacial score (nSPS) is 10.9. The van der Waals surface area contributed by atoms with Gasteiger partial charge in [0.05, 0.1) is 7.11 Å². The first-order valence-electron chi connectivity index (χ1n) is 7.43. The van der Waals surface area contributed by atoms with E-state index in [4.69, 9.17) is 26.6 Å². The van der Waals surface area contributed by atoms with Gasteiger partial charge in [0, 0.05) is 22.3 Å². The van der Waals surface area contributed by atoms with E-state index in [0.717, 1.165) is 17.0 Å². The van der Waals surface area contributed by atoms with Gasteiger partial charge in [-0.15, -0.1) is 24.0 Å². The predicted molar refractivity (Wildman–Crippen MR) is 112 cm³/mol. The van der Waals surface area contributed by atoms with Crippen molar-refractivity contribution in [2.24, 2.45) is 10.7 Å². The van der Waals surface area contributed by atoms with Gasteiger partial charge in [-0.1, -0.05) is 35.0 Å².